The molecule has 364 valence electrons. The van der Waals surface area contributed by atoms with Crippen molar-refractivity contribution in [1.29, 1.82) is 0 Å². The summed E-state index contributed by atoms with van der Waals surface area (Å²) < 4.78 is 36.6. The minimum absolute atomic E-state index is 0.00609. The number of ketones is 1. The lowest BCUT2D eigenvalue weighted by Crippen LogP contribution is -2.46. The molecule has 5 heterocycles. The number of esters is 1. The maximum atomic E-state index is 14.7. The number of ether oxygens (including phenoxy) is 5. The smallest absolute Gasteiger partial charge is 0.303 e. The van der Waals surface area contributed by atoms with Crippen LogP contribution in [-0.4, -0.2) is 107 Å². The Morgan fingerprint density at radius 3 is 2.46 bits per heavy atom. The topological polar surface area (TPSA) is 229 Å². The number of phenolic OH excluding ortho intramolecular Hbond substituents is 1. The molecular formula is C52H58N4O13. The molecule has 69 heavy (non-hydrogen) atoms. The molecule has 17 nitrogen and oxygen atoms in total. The standard InChI is InChI=1S/C52H58N4O13/c1-24-13-12-14-25(2)51(62)55-42-46(61)40-38(41-49(42)68-34-23-31(16-17-32(34)54-41)65-22-20-56(8)35-15-10-11-19-53-35)39-36(27(4)44(40)59)37(28(5)43(39)58)52(63)66-21-18-33(64-9)26(3)48(67-30(7)57)50-45(60)29(6)47(24)69-50/h10-19,21,23-24,26,28-29,33,37,45,47-48,50,52,60-61,63H,20,22H2,1-9H3,(H,55,62)/b13-12+,21-18+,25-14-/t24-,26+,28+,29-,33-,37?,45+,47-,48+,50+,52+/m0/s1. The quantitative estimate of drug-likeness (QED) is 0.0581. The second-order valence-corrected chi connectivity index (χ2v) is 18.3. The Hall–Kier alpha value is -6.66. The number of rotatable bonds is 7. The number of pyridine rings is 1. The van der Waals surface area contributed by atoms with Gasteiger partial charge in [-0.2, -0.15) is 0 Å². The first-order chi connectivity index (χ1) is 32.9. The third-order valence-electron chi connectivity index (χ3n) is 13.8. The Labute approximate surface area is 398 Å². The Morgan fingerprint density at radius 1 is 0.986 bits per heavy atom. The van der Waals surface area contributed by atoms with Crippen LogP contribution in [0.25, 0.3) is 33.0 Å². The number of phenols is 1. The van der Waals surface area contributed by atoms with Gasteiger partial charge in [0.2, 0.25) is 6.29 Å². The van der Waals surface area contributed by atoms with E-state index in [0.717, 1.165) is 5.82 Å². The zero-order valence-electron chi connectivity index (χ0n) is 40.0. The number of methoxy groups -OCH3 is 1. The van der Waals surface area contributed by atoms with E-state index in [0.29, 0.717) is 17.8 Å². The number of carbonyl (C=O) groups is 3. The molecule has 11 atom stereocenters. The van der Waals surface area contributed by atoms with Crippen LogP contribution in [0.1, 0.15) is 68.9 Å². The van der Waals surface area contributed by atoms with Crippen molar-refractivity contribution in [3.63, 3.8) is 0 Å². The van der Waals surface area contributed by atoms with Gasteiger partial charge in [-0.25, -0.2) is 9.97 Å². The van der Waals surface area contributed by atoms with Gasteiger partial charge in [0.05, 0.1) is 42.4 Å². The molecule has 2 aromatic heterocycles. The molecule has 1 unspecified atom stereocenters. The van der Waals surface area contributed by atoms with Crippen LogP contribution in [0.3, 0.4) is 0 Å². The summed E-state index contributed by atoms with van der Waals surface area (Å²) in [7, 11) is 3.35. The molecule has 5 aromatic rings. The molecule has 1 fully saturated rings. The van der Waals surface area contributed by atoms with Crippen molar-refractivity contribution in [1.82, 2.24) is 9.97 Å². The van der Waals surface area contributed by atoms with Gasteiger partial charge in [-0.15, -0.1) is 0 Å². The monoisotopic (exact) mass is 946 g/mol. The van der Waals surface area contributed by atoms with Crippen molar-refractivity contribution in [3.8, 4) is 11.5 Å². The van der Waals surface area contributed by atoms with E-state index in [4.69, 9.17) is 33.1 Å². The minimum Gasteiger partial charge on any atom is -0.505 e. The number of hydrogen-bond acceptors (Lipinski definition) is 16. The fourth-order valence-electron chi connectivity index (χ4n) is 9.94. The Kier molecular flexibility index (Phi) is 14.0. The first-order valence-electron chi connectivity index (χ1n) is 23.0. The van der Waals surface area contributed by atoms with Gasteiger partial charge in [0.1, 0.15) is 47.1 Å². The summed E-state index contributed by atoms with van der Waals surface area (Å²) >= 11 is 0. The summed E-state index contributed by atoms with van der Waals surface area (Å²) in [5, 5.41) is 38.0. The van der Waals surface area contributed by atoms with E-state index in [1.54, 1.807) is 57.3 Å². The first kappa shape index (κ1) is 48.8. The van der Waals surface area contributed by atoms with E-state index in [2.05, 4.69) is 10.3 Å². The zero-order chi connectivity index (χ0) is 49.6. The fraction of sp³-hybridized carbons (Fsp3) is 0.423. The SMILES string of the molecule is CO[C@H]1/C=C/O[C@@H](O)C2c3c(C)c(=O)c4c(O)c(c5oc6cc(OCCN(C)c7ccccn7)ccc6nc5c4c3C(=O)[C@@H]2C)NC(=O)/C(C)=C\C=C\[C@H](C)[C@@H]2O[C@H]([C@H](O)[C@@H]2C)[C@H](OC(C)=O)[C@@H]1C. The fourth-order valence-corrected chi connectivity index (χ4v) is 9.94. The predicted molar refractivity (Wildman–Crippen MR) is 257 cm³/mol. The number of hydrogen-bond donors (Lipinski definition) is 4. The van der Waals surface area contributed by atoms with Crippen molar-refractivity contribution < 1.29 is 57.8 Å². The van der Waals surface area contributed by atoms with Crippen molar-refractivity contribution >= 4 is 62.1 Å². The Morgan fingerprint density at radius 2 is 1.75 bits per heavy atom. The first-order valence-corrected chi connectivity index (χ1v) is 23.0. The van der Waals surface area contributed by atoms with Crippen LogP contribution in [0.2, 0.25) is 0 Å². The minimum atomic E-state index is -1.68. The van der Waals surface area contributed by atoms with E-state index in [1.165, 1.54) is 33.3 Å². The van der Waals surface area contributed by atoms with Gasteiger partial charge in [-0.3, -0.25) is 19.2 Å². The number of amides is 1. The van der Waals surface area contributed by atoms with Crippen LogP contribution >= 0.6 is 0 Å². The molecule has 17 heteroatoms. The van der Waals surface area contributed by atoms with E-state index < -0.39 is 89.3 Å². The molecule has 0 spiro atoms. The number of aliphatic hydroxyl groups is 2. The zero-order valence-corrected chi connectivity index (χ0v) is 40.0. The van der Waals surface area contributed by atoms with Gasteiger partial charge in [0.15, 0.2) is 28.1 Å². The number of Topliss-reactive ketones (excluding diaryl/α,β-unsaturated/α-hetero) is 1. The molecule has 4 N–H and O–H groups in total. The average molecular weight is 947 g/mol. The van der Waals surface area contributed by atoms with Crippen LogP contribution in [0.4, 0.5) is 11.5 Å². The van der Waals surface area contributed by atoms with Crippen LogP contribution in [0.15, 0.2) is 87.9 Å². The van der Waals surface area contributed by atoms with Crippen molar-refractivity contribution in [3.05, 3.63) is 106 Å². The molecular weight excluding hydrogens is 889 g/mol. The number of nitrogens with one attached hydrogen (secondary N) is 1. The Bertz CT molecular complexity index is 2970. The van der Waals surface area contributed by atoms with Gasteiger partial charge < -0.3 is 53.6 Å². The number of fused-ring (bicyclic) bond motifs is 12. The van der Waals surface area contributed by atoms with Crippen LogP contribution in [0.5, 0.6) is 11.5 Å². The van der Waals surface area contributed by atoms with E-state index in [-0.39, 0.29) is 67.9 Å². The van der Waals surface area contributed by atoms with Gasteiger partial charge in [-0.1, -0.05) is 52.0 Å². The van der Waals surface area contributed by atoms with E-state index >= 15 is 0 Å². The highest BCUT2D eigenvalue weighted by atomic mass is 16.6. The van der Waals surface area contributed by atoms with E-state index in [1.807, 2.05) is 50.1 Å². The summed E-state index contributed by atoms with van der Waals surface area (Å²) in [5.74, 6) is -4.44. The molecule has 3 aromatic carbocycles. The van der Waals surface area contributed by atoms with E-state index in [9.17, 15) is 34.5 Å². The lowest BCUT2D eigenvalue weighted by Gasteiger charge is -2.33. The highest BCUT2D eigenvalue weighted by Crippen LogP contribution is 2.49. The molecule has 1 aliphatic carbocycles. The lowest BCUT2D eigenvalue weighted by atomic mass is 9.86. The molecule has 8 bridgehead atoms. The van der Waals surface area contributed by atoms with Gasteiger partial charge >= 0.3 is 5.97 Å². The van der Waals surface area contributed by atoms with Crippen LogP contribution in [0, 0.1) is 30.6 Å². The summed E-state index contributed by atoms with van der Waals surface area (Å²) in [5.41, 5.74) is 0.0330. The number of nitrogens with zero attached hydrogens (tertiary/aromatic N) is 3. The third kappa shape index (κ3) is 9.07. The Balaban J connectivity index is 1.27. The maximum absolute atomic E-state index is 14.7. The average Bonchev–Trinajstić information content (AvgIpc) is 3.78. The van der Waals surface area contributed by atoms with Gasteiger partial charge in [0.25, 0.3) is 5.91 Å². The van der Waals surface area contributed by atoms with Crippen molar-refractivity contribution in [2.45, 2.75) is 91.2 Å². The number of likely N-dealkylation sites (N-methyl/N-ethyl adjacent to an activating group) is 1. The summed E-state index contributed by atoms with van der Waals surface area (Å²) in [6.07, 6.45) is 3.58. The molecule has 9 rings (SSSR count). The molecule has 1 amide bonds. The van der Waals surface area contributed by atoms with Gasteiger partial charge in [-0.05, 0) is 49.8 Å². The van der Waals surface area contributed by atoms with Gasteiger partial charge in [0, 0.05) is 79.1 Å². The maximum Gasteiger partial charge on any atom is 0.303 e. The van der Waals surface area contributed by atoms with Crippen molar-refractivity contribution in [2.24, 2.45) is 23.7 Å². The highest BCUT2D eigenvalue weighted by Gasteiger charge is 2.50. The second-order valence-electron chi connectivity index (χ2n) is 18.3. The number of aromatic hydroxyl groups is 1. The second kappa shape index (κ2) is 19.7. The summed E-state index contributed by atoms with van der Waals surface area (Å²) in [6.45, 7) is 12.3. The predicted octanol–water partition coefficient (Wildman–Crippen LogP) is 6.62. The lowest BCUT2D eigenvalue weighted by molar-refractivity contribution is -0.168. The number of allylic oxidation sites excluding steroid dienone is 2. The third-order valence-corrected chi connectivity index (χ3v) is 13.8. The summed E-state index contributed by atoms with van der Waals surface area (Å²) in [6, 6.07) is 10.6. The normalized spacial score (nSPS) is 29.1. The molecule has 3 aliphatic heterocycles. The number of aliphatic hydroxyl groups excluding tert-OH is 2. The largest absolute Gasteiger partial charge is 0.505 e. The molecule has 1 saturated heterocycles. The molecule has 4 aliphatic rings. The summed E-state index contributed by atoms with van der Waals surface area (Å²) in [4.78, 5) is 67.1. The van der Waals surface area contributed by atoms with Crippen molar-refractivity contribution in [2.75, 3.05) is 37.5 Å². The molecule has 0 radical (unpaired) electrons. The van der Waals surface area contributed by atoms with Crippen LogP contribution in [-0.2, 0) is 28.5 Å². The number of aromatic nitrogens is 2. The highest BCUT2D eigenvalue weighted by molar-refractivity contribution is 6.25. The molecule has 0 saturated carbocycles. The number of carbonyl (C=O) groups excluding carboxylic acids is 3. The number of anilines is 2. The number of benzene rings is 3. The van der Waals surface area contributed by atoms with Crippen LogP contribution < -0.4 is 20.4 Å².